The van der Waals surface area contributed by atoms with E-state index in [1.54, 1.807) is 4.90 Å². The molecule has 4 heteroatoms. The normalized spacial score (nSPS) is 25.7. The van der Waals surface area contributed by atoms with E-state index >= 15 is 0 Å². The van der Waals surface area contributed by atoms with E-state index in [9.17, 15) is 9.59 Å². The van der Waals surface area contributed by atoms with Gasteiger partial charge in [-0.15, -0.1) is 0 Å². The van der Waals surface area contributed by atoms with Crippen molar-refractivity contribution in [2.24, 2.45) is 5.92 Å². The zero-order chi connectivity index (χ0) is 13.1. The fourth-order valence-electron chi connectivity index (χ4n) is 2.90. The van der Waals surface area contributed by atoms with Gasteiger partial charge in [-0.25, -0.2) is 0 Å². The van der Waals surface area contributed by atoms with Crippen LogP contribution < -0.4 is 5.32 Å². The molecular weight excluding hydrogens is 228 g/mol. The number of imide groups is 1. The van der Waals surface area contributed by atoms with Gasteiger partial charge in [0.15, 0.2) is 0 Å². The van der Waals surface area contributed by atoms with Crippen molar-refractivity contribution in [3.8, 4) is 0 Å². The molecule has 1 atom stereocenters. The summed E-state index contributed by atoms with van der Waals surface area (Å²) in [6.45, 7) is 5.14. The van der Waals surface area contributed by atoms with Gasteiger partial charge in [0.2, 0.25) is 11.8 Å². The number of likely N-dealkylation sites (tertiary alicyclic amines) is 1. The van der Waals surface area contributed by atoms with Crippen molar-refractivity contribution in [2.75, 3.05) is 6.54 Å². The summed E-state index contributed by atoms with van der Waals surface area (Å²) in [6, 6.07) is -0.0845. The molecule has 18 heavy (non-hydrogen) atoms. The van der Waals surface area contributed by atoms with Crippen molar-refractivity contribution in [3.63, 3.8) is 0 Å². The van der Waals surface area contributed by atoms with Crippen LogP contribution in [-0.4, -0.2) is 35.3 Å². The monoisotopic (exact) mass is 252 g/mol. The molecule has 1 saturated heterocycles. The largest absolute Gasteiger partial charge is 0.305 e. The Morgan fingerprint density at radius 1 is 1.28 bits per heavy atom. The van der Waals surface area contributed by atoms with Crippen LogP contribution in [0.1, 0.15) is 52.4 Å². The van der Waals surface area contributed by atoms with Crippen molar-refractivity contribution in [2.45, 2.75) is 64.5 Å². The molecule has 1 saturated carbocycles. The van der Waals surface area contributed by atoms with Gasteiger partial charge in [0.05, 0.1) is 12.5 Å². The highest BCUT2D eigenvalue weighted by Crippen LogP contribution is 2.28. The minimum Gasteiger partial charge on any atom is -0.305 e. The number of nitrogens with zero attached hydrogens (tertiary/aromatic N) is 1. The van der Waals surface area contributed by atoms with Crippen LogP contribution in [0, 0.1) is 5.92 Å². The Bertz CT molecular complexity index is 322. The minimum atomic E-state index is -0.267. The number of hydrogen-bond acceptors (Lipinski definition) is 3. The third-order valence-corrected chi connectivity index (χ3v) is 3.99. The molecule has 1 unspecified atom stereocenters. The van der Waals surface area contributed by atoms with Crippen LogP contribution in [0.2, 0.25) is 0 Å². The van der Waals surface area contributed by atoms with Gasteiger partial charge < -0.3 is 5.32 Å². The molecule has 0 aromatic carbocycles. The third-order valence-electron chi connectivity index (χ3n) is 3.99. The number of nitrogens with one attached hydrogen (secondary N) is 1. The van der Waals surface area contributed by atoms with Crippen LogP contribution >= 0.6 is 0 Å². The molecule has 1 N–H and O–H groups in total. The molecule has 0 bridgehead atoms. The van der Waals surface area contributed by atoms with Crippen molar-refractivity contribution < 1.29 is 9.59 Å². The lowest BCUT2D eigenvalue weighted by Gasteiger charge is -2.22. The minimum absolute atomic E-state index is 0.00987. The summed E-state index contributed by atoms with van der Waals surface area (Å²) >= 11 is 0. The summed E-state index contributed by atoms with van der Waals surface area (Å²) < 4.78 is 0. The fourth-order valence-corrected chi connectivity index (χ4v) is 2.90. The van der Waals surface area contributed by atoms with Crippen LogP contribution in [0.15, 0.2) is 0 Å². The molecule has 2 rings (SSSR count). The summed E-state index contributed by atoms with van der Waals surface area (Å²) in [5.41, 5.74) is 0. The van der Waals surface area contributed by atoms with E-state index in [0.717, 1.165) is 38.6 Å². The molecule has 1 aliphatic carbocycles. The molecule has 0 spiro atoms. The quantitative estimate of drug-likeness (QED) is 0.758. The summed E-state index contributed by atoms with van der Waals surface area (Å²) in [7, 11) is 0. The fraction of sp³-hybridized carbons (Fsp3) is 0.857. The number of carbonyl (C=O) groups is 2. The van der Waals surface area contributed by atoms with E-state index in [1.807, 2.05) is 0 Å². The summed E-state index contributed by atoms with van der Waals surface area (Å²) in [6.07, 6.45) is 5.68. The maximum absolute atomic E-state index is 12.2. The van der Waals surface area contributed by atoms with E-state index in [1.165, 1.54) is 0 Å². The maximum Gasteiger partial charge on any atom is 0.247 e. The van der Waals surface area contributed by atoms with E-state index < -0.39 is 0 Å². The number of amides is 2. The van der Waals surface area contributed by atoms with Crippen molar-refractivity contribution in [1.29, 1.82) is 0 Å². The highest BCUT2D eigenvalue weighted by molar-refractivity contribution is 6.05. The van der Waals surface area contributed by atoms with Crippen molar-refractivity contribution in [1.82, 2.24) is 10.2 Å². The molecule has 102 valence electrons. The SMILES string of the molecule is CC(C)CCNC1CC(=O)N(C2CCCC2)C1=O. The topological polar surface area (TPSA) is 49.4 Å². The average Bonchev–Trinajstić information content (AvgIpc) is 2.88. The van der Waals surface area contributed by atoms with E-state index in [0.29, 0.717) is 12.3 Å². The first-order chi connectivity index (χ1) is 8.59. The van der Waals surface area contributed by atoms with Crippen molar-refractivity contribution >= 4 is 11.8 Å². The van der Waals surface area contributed by atoms with Crippen LogP contribution in [0.5, 0.6) is 0 Å². The predicted octanol–water partition coefficient (Wildman–Crippen LogP) is 1.69. The summed E-state index contributed by atoms with van der Waals surface area (Å²) in [5.74, 6) is 0.653. The Morgan fingerprint density at radius 2 is 1.94 bits per heavy atom. The number of rotatable bonds is 5. The molecular formula is C14H24N2O2. The van der Waals surface area contributed by atoms with E-state index in [2.05, 4.69) is 19.2 Å². The lowest BCUT2D eigenvalue weighted by atomic mass is 10.1. The van der Waals surface area contributed by atoms with Gasteiger partial charge in [0, 0.05) is 6.04 Å². The molecule has 2 amide bonds. The molecule has 1 aliphatic heterocycles. The molecule has 0 radical (unpaired) electrons. The molecule has 2 fully saturated rings. The highest BCUT2D eigenvalue weighted by Gasteiger charge is 2.42. The number of carbonyl (C=O) groups excluding carboxylic acids is 2. The van der Waals surface area contributed by atoms with Crippen LogP contribution in [0.4, 0.5) is 0 Å². The zero-order valence-electron chi connectivity index (χ0n) is 11.4. The molecule has 2 aliphatic rings. The van der Waals surface area contributed by atoms with Crippen LogP contribution in [-0.2, 0) is 9.59 Å². The Kier molecular flexibility index (Phi) is 4.38. The predicted molar refractivity (Wildman–Crippen MR) is 70.0 cm³/mol. The van der Waals surface area contributed by atoms with Gasteiger partial charge in [0.1, 0.15) is 0 Å². The Hall–Kier alpha value is -0.900. The first kappa shape index (κ1) is 13.5. The summed E-state index contributed by atoms with van der Waals surface area (Å²) in [5, 5.41) is 3.23. The van der Waals surface area contributed by atoms with Gasteiger partial charge in [-0.1, -0.05) is 26.7 Å². The Labute approximate surface area is 109 Å². The van der Waals surface area contributed by atoms with Gasteiger partial charge >= 0.3 is 0 Å². The van der Waals surface area contributed by atoms with Gasteiger partial charge in [-0.2, -0.15) is 0 Å². The number of hydrogen-bond donors (Lipinski definition) is 1. The first-order valence-electron chi connectivity index (χ1n) is 7.19. The second-order valence-corrected chi connectivity index (χ2v) is 5.93. The second-order valence-electron chi connectivity index (χ2n) is 5.93. The van der Waals surface area contributed by atoms with Gasteiger partial charge in [-0.05, 0) is 31.7 Å². The molecule has 4 nitrogen and oxygen atoms in total. The molecule has 1 heterocycles. The highest BCUT2D eigenvalue weighted by atomic mass is 16.2. The van der Waals surface area contributed by atoms with Crippen molar-refractivity contribution in [3.05, 3.63) is 0 Å². The Morgan fingerprint density at radius 3 is 2.56 bits per heavy atom. The smallest absolute Gasteiger partial charge is 0.247 e. The Balaban J connectivity index is 1.87. The third kappa shape index (κ3) is 2.91. The first-order valence-corrected chi connectivity index (χ1v) is 7.19. The van der Waals surface area contributed by atoms with Crippen LogP contribution in [0.25, 0.3) is 0 Å². The zero-order valence-corrected chi connectivity index (χ0v) is 11.4. The lowest BCUT2D eigenvalue weighted by Crippen LogP contribution is -2.43. The van der Waals surface area contributed by atoms with Gasteiger partial charge in [-0.3, -0.25) is 14.5 Å². The van der Waals surface area contributed by atoms with E-state index in [4.69, 9.17) is 0 Å². The molecule has 0 aromatic rings. The molecule has 0 aromatic heterocycles. The van der Waals surface area contributed by atoms with Gasteiger partial charge in [0.25, 0.3) is 0 Å². The maximum atomic E-state index is 12.2. The second kappa shape index (κ2) is 5.83. The lowest BCUT2D eigenvalue weighted by molar-refractivity contribution is -0.141. The average molecular weight is 252 g/mol. The summed E-state index contributed by atoms with van der Waals surface area (Å²) in [4.78, 5) is 25.7. The van der Waals surface area contributed by atoms with Crippen LogP contribution in [0.3, 0.4) is 0 Å². The standard InChI is InChI=1S/C14H24N2O2/c1-10(2)7-8-15-12-9-13(17)16(14(12)18)11-5-3-4-6-11/h10-12,15H,3-9H2,1-2H3. The van der Waals surface area contributed by atoms with E-state index in [-0.39, 0.29) is 23.9 Å².